The minimum Gasteiger partial charge on any atom is -0.353 e. The molecule has 22 heavy (non-hydrogen) atoms. The third-order valence-corrected chi connectivity index (χ3v) is 4.51. The second-order valence-corrected chi connectivity index (χ2v) is 7.22. The van der Waals surface area contributed by atoms with Crippen molar-refractivity contribution >= 4 is 11.8 Å². The average molecular weight is 320 g/mol. The number of rotatable bonds is 3. The molecule has 1 aliphatic heterocycles. The molecule has 0 bridgehead atoms. The SMILES string of the molecule is CC1(C)CC(C(=O)NC2CCN(C(=O)CC(F)(F)F)CC2)C1. The number of hydrogen-bond donors (Lipinski definition) is 1. The van der Waals surface area contributed by atoms with Gasteiger partial charge in [-0.05, 0) is 31.1 Å². The largest absolute Gasteiger partial charge is 0.397 e. The summed E-state index contributed by atoms with van der Waals surface area (Å²) in [4.78, 5) is 24.8. The fourth-order valence-electron chi connectivity index (χ4n) is 3.34. The Morgan fingerprint density at radius 3 is 2.18 bits per heavy atom. The number of piperidine rings is 1. The molecule has 2 fully saturated rings. The first kappa shape index (κ1) is 17.1. The van der Waals surface area contributed by atoms with E-state index in [4.69, 9.17) is 0 Å². The van der Waals surface area contributed by atoms with Crippen molar-refractivity contribution in [1.82, 2.24) is 10.2 Å². The summed E-state index contributed by atoms with van der Waals surface area (Å²) in [6.07, 6.45) is -3.07. The zero-order valence-electron chi connectivity index (χ0n) is 13.0. The number of amides is 2. The van der Waals surface area contributed by atoms with E-state index in [0.717, 1.165) is 12.8 Å². The van der Waals surface area contributed by atoms with E-state index in [0.29, 0.717) is 12.8 Å². The summed E-state index contributed by atoms with van der Waals surface area (Å²) < 4.78 is 36.6. The zero-order valence-corrected chi connectivity index (χ0v) is 13.0. The van der Waals surface area contributed by atoms with Gasteiger partial charge in [0.25, 0.3) is 0 Å². The van der Waals surface area contributed by atoms with Gasteiger partial charge in [-0.25, -0.2) is 0 Å². The number of likely N-dealkylation sites (tertiary alicyclic amines) is 1. The molecule has 0 unspecified atom stereocenters. The number of hydrogen-bond acceptors (Lipinski definition) is 2. The van der Waals surface area contributed by atoms with Crippen molar-refractivity contribution in [3.05, 3.63) is 0 Å². The van der Waals surface area contributed by atoms with Crippen LogP contribution in [0.25, 0.3) is 0 Å². The molecule has 2 rings (SSSR count). The first-order valence-corrected chi connectivity index (χ1v) is 7.71. The van der Waals surface area contributed by atoms with Crippen molar-refractivity contribution in [1.29, 1.82) is 0 Å². The van der Waals surface area contributed by atoms with E-state index in [1.165, 1.54) is 4.90 Å². The molecule has 0 spiro atoms. The van der Waals surface area contributed by atoms with E-state index in [2.05, 4.69) is 19.2 Å². The second-order valence-electron chi connectivity index (χ2n) is 7.22. The van der Waals surface area contributed by atoms with E-state index < -0.39 is 18.5 Å². The molecule has 1 N–H and O–H groups in total. The van der Waals surface area contributed by atoms with E-state index in [1.807, 2.05) is 0 Å². The molecular weight excluding hydrogens is 297 g/mol. The van der Waals surface area contributed by atoms with Crippen molar-refractivity contribution < 1.29 is 22.8 Å². The molecule has 2 aliphatic rings. The first-order valence-electron chi connectivity index (χ1n) is 7.71. The number of halogens is 3. The summed E-state index contributed by atoms with van der Waals surface area (Å²) >= 11 is 0. The van der Waals surface area contributed by atoms with Crippen LogP contribution in [0.3, 0.4) is 0 Å². The molecule has 0 aromatic heterocycles. The highest BCUT2D eigenvalue weighted by Crippen LogP contribution is 2.44. The van der Waals surface area contributed by atoms with E-state index in [9.17, 15) is 22.8 Å². The van der Waals surface area contributed by atoms with Crippen LogP contribution in [-0.2, 0) is 9.59 Å². The molecule has 1 saturated heterocycles. The minimum atomic E-state index is -4.46. The van der Waals surface area contributed by atoms with Crippen molar-refractivity contribution in [2.75, 3.05) is 13.1 Å². The van der Waals surface area contributed by atoms with Crippen molar-refractivity contribution in [2.45, 2.75) is 58.2 Å². The Bertz CT molecular complexity index is 433. The van der Waals surface area contributed by atoms with Crippen LogP contribution in [-0.4, -0.2) is 42.0 Å². The van der Waals surface area contributed by atoms with Crippen LogP contribution < -0.4 is 5.32 Å². The molecule has 1 saturated carbocycles. The third kappa shape index (κ3) is 4.61. The molecule has 0 atom stereocenters. The summed E-state index contributed by atoms with van der Waals surface area (Å²) in [5, 5.41) is 2.97. The molecule has 7 heteroatoms. The van der Waals surface area contributed by atoms with Gasteiger partial charge in [-0.1, -0.05) is 13.8 Å². The fourth-order valence-corrected chi connectivity index (χ4v) is 3.34. The predicted molar refractivity (Wildman–Crippen MR) is 74.9 cm³/mol. The Morgan fingerprint density at radius 1 is 1.18 bits per heavy atom. The Hall–Kier alpha value is -1.27. The van der Waals surface area contributed by atoms with Gasteiger partial charge in [-0.15, -0.1) is 0 Å². The maximum Gasteiger partial charge on any atom is 0.397 e. The summed E-state index contributed by atoms with van der Waals surface area (Å²) in [6, 6.07) is -0.0360. The fraction of sp³-hybridized carbons (Fsp3) is 0.867. The lowest BCUT2D eigenvalue weighted by Gasteiger charge is -2.42. The zero-order chi connectivity index (χ0) is 16.5. The standard InChI is InChI=1S/C15H23F3N2O2/c1-14(2)7-10(8-14)13(22)19-11-3-5-20(6-4-11)12(21)9-15(16,17)18/h10-11H,3-9H2,1-2H3,(H,19,22). The van der Waals surface area contributed by atoms with Gasteiger partial charge in [0, 0.05) is 25.0 Å². The second kappa shape index (κ2) is 6.08. The molecule has 126 valence electrons. The number of alkyl halides is 3. The van der Waals surface area contributed by atoms with Gasteiger partial charge in [-0.3, -0.25) is 9.59 Å². The molecule has 4 nitrogen and oxygen atoms in total. The normalized spacial score (nSPS) is 23.0. The quantitative estimate of drug-likeness (QED) is 0.868. The Balaban J connectivity index is 1.71. The number of nitrogens with one attached hydrogen (secondary N) is 1. The van der Waals surface area contributed by atoms with Crippen LogP contribution in [0.5, 0.6) is 0 Å². The van der Waals surface area contributed by atoms with E-state index in [1.54, 1.807) is 0 Å². The van der Waals surface area contributed by atoms with Crippen molar-refractivity contribution in [3.8, 4) is 0 Å². The highest BCUT2D eigenvalue weighted by atomic mass is 19.4. The predicted octanol–water partition coefficient (Wildman–Crippen LogP) is 2.48. The van der Waals surface area contributed by atoms with Crippen LogP contribution in [0.1, 0.15) is 46.0 Å². The highest BCUT2D eigenvalue weighted by Gasteiger charge is 2.41. The van der Waals surface area contributed by atoms with Crippen LogP contribution in [0, 0.1) is 11.3 Å². The van der Waals surface area contributed by atoms with E-state index >= 15 is 0 Å². The molecule has 0 radical (unpaired) electrons. The van der Waals surface area contributed by atoms with Gasteiger partial charge in [0.1, 0.15) is 6.42 Å². The van der Waals surface area contributed by atoms with Crippen LogP contribution in [0.2, 0.25) is 0 Å². The molecular formula is C15H23F3N2O2. The van der Waals surface area contributed by atoms with Gasteiger partial charge < -0.3 is 10.2 Å². The molecule has 1 heterocycles. The molecule has 0 aromatic carbocycles. The minimum absolute atomic E-state index is 0.0360. The van der Waals surface area contributed by atoms with Gasteiger partial charge >= 0.3 is 6.18 Å². The Morgan fingerprint density at radius 2 is 1.73 bits per heavy atom. The lowest BCUT2D eigenvalue weighted by molar-refractivity contribution is -0.162. The van der Waals surface area contributed by atoms with Gasteiger partial charge in [0.05, 0.1) is 0 Å². The maximum atomic E-state index is 12.2. The smallest absolute Gasteiger partial charge is 0.353 e. The lowest BCUT2D eigenvalue weighted by Crippen LogP contribution is -2.50. The summed E-state index contributed by atoms with van der Waals surface area (Å²) in [6.45, 7) is 4.80. The van der Waals surface area contributed by atoms with Crippen LogP contribution >= 0.6 is 0 Å². The first-order chi connectivity index (χ1) is 10.1. The summed E-state index contributed by atoms with van der Waals surface area (Å²) in [7, 11) is 0. The molecule has 2 amide bonds. The number of carbonyl (C=O) groups excluding carboxylic acids is 2. The third-order valence-electron chi connectivity index (χ3n) is 4.51. The summed E-state index contributed by atoms with van der Waals surface area (Å²) in [5.41, 5.74) is 0.232. The molecule has 1 aliphatic carbocycles. The average Bonchev–Trinajstić information content (AvgIpc) is 2.34. The van der Waals surface area contributed by atoms with Gasteiger partial charge in [0.2, 0.25) is 11.8 Å². The summed E-state index contributed by atoms with van der Waals surface area (Å²) in [5.74, 6) is -0.780. The molecule has 0 aromatic rings. The van der Waals surface area contributed by atoms with Gasteiger partial charge in [0.15, 0.2) is 0 Å². The van der Waals surface area contributed by atoms with Crippen molar-refractivity contribution in [2.24, 2.45) is 11.3 Å². The lowest BCUT2D eigenvalue weighted by atomic mass is 9.64. The topological polar surface area (TPSA) is 49.4 Å². The Labute approximate surface area is 128 Å². The number of nitrogens with zero attached hydrogens (tertiary/aromatic N) is 1. The highest BCUT2D eigenvalue weighted by molar-refractivity contribution is 5.80. The van der Waals surface area contributed by atoms with Crippen LogP contribution in [0.15, 0.2) is 0 Å². The monoisotopic (exact) mass is 320 g/mol. The maximum absolute atomic E-state index is 12.2. The van der Waals surface area contributed by atoms with Crippen molar-refractivity contribution in [3.63, 3.8) is 0 Å². The Kier molecular flexibility index (Phi) is 4.73. The number of carbonyl (C=O) groups is 2. The van der Waals surface area contributed by atoms with Gasteiger partial charge in [-0.2, -0.15) is 13.2 Å². The van der Waals surface area contributed by atoms with Crippen LogP contribution in [0.4, 0.5) is 13.2 Å². The van der Waals surface area contributed by atoms with E-state index in [-0.39, 0.29) is 36.4 Å².